The molecule has 1 N–H and O–H groups in total. The second-order valence-electron chi connectivity index (χ2n) is 2.18. The van der Waals surface area contributed by atoms with Crippen molar-refractivity contribution in [2.75, 3.05) is 5.32 Å². The Labute approximate surface area is 67.4 Å². The molecule has 1 heterocycles. The van der Waals surface area contributed by atoms with E-state index in [0.29, 0.717) is 0 Å². The minimum atomic E-state index is -0.959. The summed E-state index contributed by atoms with van der Waals surface area (Å²) in [6.45, 7) is 1.25. The number of nitrogens with zero attached hydrogens (tertiary/aromatic N) is 1. The first kappa shape index (κ1) is 8.58. The van der Waals surface area contributed by atoms with Crippen LogP contribution in [0.4, 0.5) is 14.5 Å². The van der Waals surface area contributed by atoms with Crippen LogP contribution in [0.15, 0.2) is 12.1 Å². The fourth-order valence-electron chi connectivity index (χ4n) is 0.740. The van der Waals surface area contributed by atoms with E-state index in [1.807, 2.05) is 0 Å². The highest BCUT2D eigenvalue weighted by Crippen LogP contribution is 2.09. The number of halogens is 2. The molecule has 0 radical (unpaired) electrons. The number of anilines is 1. The van der Waals surface area contributed by atoms with Crippen molar-refractivity contribution in [3.05, 3.63) is 24.0 Å². The number of aromatic nitrogens is 1. The van der Waals surface area contributed by atoms with Crippen molar-refractivity contribution in [1.82, 2.24) is 4.98 Å². The van der Waals surface area contributed by atoms with Crippen LogP contribution in [0.25, 0.3) is 0 Å². The smallest absolute Gasteiger partial charge is 0.221 e. The Kier molecular flexibility index (Phi) is 2.32. The molecule has 0 saturated heterocycles. The first-order chi connectivity index (χ1) is 5.58. The van der Waals surface area contributed by atoms with E-state index in [4.69, 9.17) is 0 Å². The molecule has 3 nitrogen and oxygen atoms in total. The number of hydrogen-bond donors (Lipinski definition) is 1. The van der Waals surface area contributed by atoms with Gasteiger partial charge in [-0.3, -0.25) is 4.79 Å². The molecule has 0 saturated carbocycles. The van der Waals surface area contributed by atoms with Crippen molar-refractivity contribution < 1.29 is 13.6 Å². The molecule has 0 spiro atoms. The van der Waals surface area contributed by atoms with Gasteiger partial charge in [-0.1, -0.05) is 0 Å². The Balaban J connectivity index is 2.93. The summed E-state index contributed by atoms with van der Waals surface area (Å²) in [6, 6.07) is 1.87. The molecular weight excluding hydrogens is 166 g/mol. The van der Waals surface area contributed by atoms with Crippen molar-refractivity contribution in [3.8, 4) is 0 Å². The summed E-state index contributed by atoms with van der Waals surface area (Å²) in [7, 11) is 0. The number of hydrogen-bond acceptors (Lipinski definition) is 2. The van der Waals surface area contributed by atoms with E-state index in [-0.39, 0.29) is 11.6 Å². The normalized spacial score (nSPS) is 9.58. The van der Waals surface area contributed by atoms with Crippen LogP contribution in [-0.2, 0) is 4.79 Å². The monoisotopic (exact) mass is 172 g/mol. The number of carbonyl (C=O) groups excluding carboxylic acids is 1. The minimum absolute atomic E-state index is 0.0625. The van der Waals surface area contributed by atoms with Crippen LogP contribution >= 0.6 is 0 Å². The predicted octanol–water partition coefficient (Wildman–Crippen LogP) is 1.32. The highest BCUT2D eigenvalue weighted by molar-refractivity contribution is 5.88. The third-order valence-corrected chi connectivity index (χ3v) is 1.08. The summed E-state index contributed by atoms with van der Waals surface area (Å²) in [5.74, 6) is -2.31. The fraction of sp³-hybridized carbons (Fsp3) is 0.143. The van der Waals surface area contributed by atoms with E-state index < -0.39 is 11.9 Å². The number of pyridine rings is 1. The maximum Gasteiger partial charge on any atom is 0.221 e. The van der Waals surface area contributed by atoms with Gasteiger partial charge in [0.05, 0.1) is 0 Å². The van der Waals surface area contributed by atoms with E-state index in [9.17, 15) is 13.6 Å². The van der Waals surface area contributed by atoms with E-state index in [2.05, 4.69) is 10.3 Å². The molecule has 1 aromatic heterocycles. The fourth-order valence-corrected chi connectivity index (χ4v) is 0.740. The zero-order valence-electron chi connectivity index (χ0n) is 6.27. The topological polar surface area (TPSA) is 42.0 Å². The average Bonchev–Trinajstić information content (AvgIpc) is 1.81. The van der Waals surface area contributed by atoms with Crippen LogP contribution in [0.1, 0.15) is 6.92 Å². The van der Waals surface area contributed by atoms with Crippen LogP contribution < -0.4 is 5.32 Å². The number of rotatable bonds is 1. The van der Waals surface area contributed by atoms with Crippen LogP contribution in [0.2, 0.25) is 0 Å². The number of nitrogens with one attached hydrogen (secondary N) is 1. The molecule has 5 heteroatoms. The van der Waals surface area contributed by atoms with Crippen molar-refractivity contribution >= 4 is 11.6 Å². The van der Waals surface area contributed by atoms with Gasteiger partial charge in [0, 0.05) is 24.7 Å². The molecule has 1 rings (SSSR count). The van der Waals surface area contributed by atoms with Crippen LogP contribution in [-0.4, -0.2) is 10.9 Å². The molecule has 0 aliphatic carbocycles. The van der Waals surface area contributed by atoms with E-state index >= 15 is 0 Å². The summed E-state index contributed by atoms with van der Waals surface area (Å²) >= 11 is 0. The maximum absolute atomic E-state index is 12.4. The van der Waals surface area contributed by atoms with E-state index in [0.717, 1.165) is 12.1 Å². The van der Waals surface area contributed by atoms with Gasteiger partial charge in [0.2, 0.25) is 17.8 Å². The summed E-state index contributed by atoms with van der Waals surface area (Å²) in [5.41, 5.74) is 0.0625. The Morgan fingerprint density at radius 3 is 2.33 bits per heavy atom. The highest BCUT2D eigenvalue weighted by Gasteiger charge is 2.01. The quantitative estimate of drug-likeness (QED) is 0.649. The first-order valence-electron chi connectivity index (χ1n) is 3.18. The standard InChI is InChI=1S/C7H6F2N2O/c1-4(12)10-5-2-6(8)11-7(9)3-5/h2-3H,1H3,(H,10,11,12). The lowest BCUT2D eigenvalue weighted by molar-refractivity contribution is -0.114. The van der Waals surface area contributed by atoms with Gasteiger partial charge in [-0.05, 0) is 0 Å². The van der Waals surface area contributed by atoms with E-state index in [1.54, 1.807) is 0 Å². The zero-order valence-corrected chi connectivity index (χ0v) is 6.27. The molecule has 1 amide bonds. The molecule has 0 aliphatic heterocycles. The molecule has 0 atom stereocenters. The average molecular weight is 172 g/mol. The molecule has 0 aliphatic rings. The summed E-state index contributed by atoms with van der Waals surface area (Å²) in [4.78, 5) is 13.3. The predicted molar refractivity (Wildman–Crippen MR) is 38.5 cm³/mol. The van der Waals surface area contributed by atoms with Crippen LogP contribution in [0, 0.1) is 11.9 Å². The molecule has 12 heavy (non-hydrogen) atoms. The Hall–Kier alpha value is -1.52. The van der Waals surface area contributed by atoms with Crippen molar-refractivity contribution in [2.24, 2.45) is 0 Å². The number of amides is 1. The molecule has 64 valence electrons. The molecule has 0 bridgehead atoms. The lowest BCUT2D eigenvalue weighted by atomic mass is 10.4. The van der Waals surface area contributed by atoms with Gasteiger partial charge in [-0.2, -0.15) is 13.8 Å². The third-order valence-electron chi connectivity index (χ3n) is 1.08. The Morgan fingerprint density at radius 1 is 1.42 bits per heavy atom. The van der Waals surface area contributed by atoms with Crippen LogP contribution in [0.3, 0.4) is 0 Å². The van der Waals surface area contributed by atoms with Crippen LogP contribution in [0.5, 0.6) is 0 Å². The van der Waals surface area contributed by atoms with Crippen molar-refractivity contribution in [1.29, 1.82) is 0 Å². The van der Waals surface area contributed by atoms with Gasteiger partial charge >= 0.3 is 0 Å². The van der Waals surface area contributed by atoms with Gasteiger partial charge in [-0.15, -0.1) is 0 Å². The molecular formula is C7H6F2N2O. The lowest BCUT2D eigenvalue weighted by Crippen LogP contribution is -2.06. The zero-order chi connectivity index (χ0) is 9.14. The lowest BCUT2D eigenvalue weighted by Gasteiger charge is -2.00. The second kappa shape index (κ2) is 3.25. The van der Waals surface area contributed by atoms with E-state index in [1.165, 1.54) is 6.92 Å². The Morgan fingerprint density at radius 2 is 1.92 bits per heavy atom. The van der Waals surface area contributed by atoms with Gasteiger partial charge in [0.25, 0.3) is 0 Å². The Bertz CT molecular complexity index is 294. The SMILES string of the molecule is CC(=O)Nc1cc(F)nc(F)c1. The maximum atomic E-state index is 12.4. The third kappa shape index (κ3) is 2.26. The molecule has 0 fully saturated rings. The van der Waals surface area contributed by atoms with Gasteiger partial charge < -0.3 is 5.32 Å². The van der Waals surface area contributed by atoms with Gasteiger partial charge in [0.1, 0.15) is 0 Å². The summed E-state index contributed by atoms with van der Waals surface area (Å²) < 4.78 is 24.8. The van der Waals surface area contributed by atoms with Gasteiger partial charge in [0.15, 0.2) is 0 Å². The largest absolute Gasteiger partial charge is 0.326 e. The number of carbonyl (C=O) groups is 1. The van der Waals surface area contributed by atoms with Crippen molar-refractivity contribution in [3.63, 3.8) is 0 Å². The van der Waals surface area contributed by atoms with Gasteiger partial charge in [-0.25, -0.2) is 0 Å². The van der Waals surface area contributed by atoms with Crippen molar-refractivity contribution in [2.45, 2.75) is 6.92 Å². The summed E-state index contributed by atoms with van der Waals surface area (Å²) in [5, 5.41) is 2.23. The minimum Gasteiger partial charge on any atom is -0.326 e. The highest BCUT2D eigenvalue weighted by atomic mass is 19.1. The molecule has 0 aromatic carbocycles. The molecule has 1 aromatic rings. The second-order valence-corrected chi connectivity index (χ2v) is 2.18. The first-order valence-corrected chi connectivity index (χ1v) is 3.18. The molecule has 0 unspecified atom stereocenters. The summed E-state index contributed by atoms with van der Waals surface area (Å²) in [6.07, 6.45) is 0.